The number of hydrogen-bond acceptors (Lipinski definition) is 10. The van der Waals surface area contributed by atoms with E-state index in [0.717, 1.165) is 103 Å². The molecule has 0 aliphatic carbocycles. The molecule has 0 rings (SSSR count). The Hall–Kier alpha value is -7.70. The van der Waals surface area contributed by atoms with Crippen LogP contribution in [0.15, 0.2) is 24.5 Å². The molecule has 11 nitrogen and oxygen atoms in total. The summed E-state index contributed by atoms with van der Waals surface area (Å²) in [5, 5.41) is 0. The number of carbonyl (C=O) groups excluding carboxylic acids is 2. The zero-order valence-corrected chi connectivity index (χ0v) is 63.2. The fraction of sp³-hybridized carbons (Fsp3) is 0.581. The van der Waals surface area contributed by atoms with Crippen LogP contribution in [-0.4, -0.2) is 48.5 Å². The van der Waals surface area contributed by atoms with E-state index in [-0.39, 0.29) is 17.9 Å². The fourth-order valence-electron chi connectivity index (χ4n) is 8.70. The van der Waals surface area contributed by atoms with Crippen LogP contribution in [0.25, 0.3) is 0 Å². The first-order chi connectivity index (χ1) is 48.4. The van der Waals surface area contributed by atoms with Crippen LogP contribution in [0.5, 0.6) is 0 Å². The Labute approximate surface area is 614 Å². The fourth-order valence-corrected chi connectivity index (χ4v) is 9.84. The van der Waals surface area contributed by atoms with Crippen LogP contribution in [0.1, 0.15) is 324 Å². The number of carbonyl (C=O) groups is 2. The monoisotopic (exact) mass is 1370 g/mol. The second-order valence-corrected chi connectivity index (χ2v) is 24.6. The molecule has 99 heavy (non-hydrogen) atoms. The molecular weight excluding hydrogens is 1260 g/mol. The van der Waals surface area contributed by atoms with Crippen molar-refractivity contribution in [1.29, 1.82) is 0 Å². The van der Waals surface area contributed by atoms with Crippen molar-refractivity contribution in [3.8, 4) is 166 Å². The van der Waals surface area contributed by atoms with Crippen LogP contribution >= 0.6 is 0 Å². The van der Waals surface area contributed by atoms with E-state index in [9.17, 15) is 9.59 Å². The lowest BCUT2D eigenvalue weighted by molar-refractivity contribution is -0.257. The minimum atomic E-state index is -3.15. The second-order valence-electron chi connectivity index (χ2n) is 22.8. The molecule has 529 valence electrons. The van der Waals surface area contributed by atoms with E-state index in [0.29, 0.717) is 18.6 Å². The largest absolute Gasteiger partial charge is 1.08 e. The summed E-state index contributed by atoms with van der Waals surface area (Å²) in [6.07, 6.45) is 67.3. The van der Waals surface area contributed by atoms with Gasteiger partial charge < -0.3 is 27.7 Å². The number of hydrogen-bond donors (Lipinski definition) is 0. The van der Waals surface area contributed by atoms with Gasteiger partial charge in [0.15, 0.2) is 12.2 Å². The van der Waals surface area contributed by atoms with E-state index >= 15 is 0 Å². The van der Waals surface area contributed by atoms with Gasteiger partial charge in [-0.1, -0.05) is 279 Å². The normalized spacial score (nSPS) is 9.02. The minimum Gasteiger partial charge on any atom is -0.598 e. The van der Waals surface area contributed by atoms with Crippen LogP contribution in [0, 0.1) is 178 Å². The third kappa shape index (κ3) is 88.3. The van der Waals surface area contributed by atoms with E-state index in [4.69, 9.17) is 29.2 Å². The summed E-state index contributed by atoms with van der Waals surface area (Å²) in [6, 6.07) is 0. The predicted molar refractivity (Wildman–Crippen MR) is 404 cm³/mol. The lowest BCUT2D eigenvalue weighted by Crippen LogP contribution is -2.30. The lowest BCUT2D eigenvalue weighted by Gasteiger charge is -2.12. The standard InChI is InChI=1S/2C31H33O2.3C8H16O2.2Al.H2O/c2*1-2-3-4-5-6-7-8-9-10-11-12-13-14-15-16-17-18-19-20-21-22-23-24-25-26-27-28-29-30-31-33-32;1-3-4-5-6-7-8(2)10-9;2*1-2-3-4-5-6-7-8(9)10;;;/h2*17,32H,2-15H2,1H3;9H,2-7H2,1H3;2*2-7H2,1H3,(H,9,10);;;1H2/q2*-1;;;;+2;+3;/p-5. The van der Waals surface area contributed by atoms with Gasteiger partial charge in [0.2, 0.25) is 0 Å². The average molecular weight is 1370 g/mol. The van der Waals surface area contributed by atoms with E-state index < -0.39 is 37.0 Å². The van der Waals surface area contributed by atoms with Crippen LogP contribution in [0.4, 0.5) is 0 Å². The maximum Gasteiger partial charge on any atom is 1.08 e. The Kier molecular flexibility index (Phi) is 85.2. The van der Waals surface area contributed by atoms with Crippen molar-refractivity contribution in [1.82, 2.24) is 0 Å². The zero-order chi connectivity index (χ0) is 71.1. The van der Waals surface area contributed by atoms with Gasteiger partial charge in [-0.15, -0.1) is 24.7 Å². The summed E-state index contributed by atoms with van der Waals surface area (Å²) < 4.78 is 25.3. The van der Waals surface area contributed by atoms with Gasteiger partial charge in [-0.2, -0.15) is 0 Å². The molecule has 0 bridgehead atoms. The molecule has 0 unspecified atom stereocenters. The highest BCUT2D eigenvalue weighted by molar-refractivity contribution is 6.38. The lowest BCUT2D eigenvalue weighted by atomic mass is 10.0. The molecule has 0 heterocycles. The SMILES string of the molecule is C=C(CCCCCC)O[O][Al]([O]OC#CC#CC#CC#CC#CC#CC#CC=[C-]CCCCCCCCCCCCCCC)[O]C(=O)CCCCCCC.CCCCCCCCCCCCCCC[C-]=CC#CC#CC#CC#CC#CC#CC#CO[O][Al][O]C(=O)CCCCCCC.O. The van der Waals surface area contributed by atoms with Crippen LogP contribution in [0.3, 0.4) is 0 Å². The molecule has 0 saturated carbocycles. The quantitative estimate of drug-likeness (QED) is 0.0110. The highest BCUT2D eigenvalue weighted by atomic mass is 27.3. The van der Waals surface area contributed by atoms with Crippen molar-refractivity contribution in [2.75, 3.05) is 0 Å². The van der Waals surface area contributed by atoms with Gasteiger partial charge in [0, 0.05) is 90.3 Å². The van der Waals surface area contributed by atoms with Gasteiger partial charge in [-0.05, 0) is 78.5 Å². The first-order valence-corrected chi connectivity index (χ1v) is 38.8. The highest BCUT2D eigenvalue weighted by Gasteiger charge is 2.43. The van der Waals surface area contributed by atoms with Gasteiger partial charge in [-0.25, -0.2) is 20.0 Å². The molecule has 0 atom stereocenters. The summed E-state index contributed by atoms with van der Waals surface area (Å²) >= 11 is -4.22. The van der Waals surface area contributed by atoms with Gasteiger partial charge in [-0.3, -0.25) is 37.5 Å². The highest BCUT2D eigenvalue weighted by Crippen LogP contribution is 2.16. The van der Waals surface area contributed by atoms with Crippen LogP contribution in [0.2, 0.25) is 0 Å². The van der Waals surface area contributed by atoms with Crippen molar-refractivity contribution in [2.24, 2.45) is 0 Å². The molecule has 2 N–H and O–H groups in total. The topological polar surface area (TPSA) is 139 Å². The van der Waals surface area contributed by atoms with Crippen molar-refractivity contribution >= 4 is 43.0 Å². The van der Waals surface area contributed by atoms with Gasteiger partial charge in [0.05, 0.1) is 0 Å². The van der Waals surface area contributed by atoms with E-state index in [1.807, 2.05) is 0 Å². The first-order valence-electron chi connectivity index (χ1n) is 36.4. The first kappa shape index (κ1) is 95.5. The third-order valence-corrected chi connectivity index (χ3v) is 15.5. The van der Waals surface area contributed by atoms with Crippen LogP contribution in [-0.2, 0) is 43.6 Å². The molecule has 0 fully saturated rings. The summed E-state index contributed by atoms with van der Waals surface area (Å²) in [7, 11) is 0. The van der Waals surface area contributed by atoms with Crippen LogP contribution < -0.4 is 0 Å². The third-order valence-electron chi connectivity index (χ3n) is 14.0. The minimum absolute atomic E-state index is 0. The Balaban J connectivity index is -0.00000188. The smallest absolute Gasteiger partial charge is 0.598 e. The average Bonchev–Trinajstić information content (AvgIpc) is 2.29. The summed E-state index contributed by atoms with van der Waals surface area (Å²) in [5.74, 6) is 66.9. The number of rotatable bonds is 54. The molecule has 0 aromatic rings. The van der Waals surface area contributed by atoms with Gasteiger partial charge >= 0.3 is 31.0 Å². The molecule has 0 aliphatic heterocycles. The molecule has 13 heteroatoms. The zero-order valence-electron chi connectivity index (χ0n) is 60.9. The van der Waals surface area contributed by atoms with Crippen molar-refractivity contribution in [2.45, 2.75) is 324 Å². The molecule has 0 aromatic heterocycles. The van der Waals surface area contributed by atoms with Crippen molar-refractivity contribution in [3.05, 3.63) is 36.6 Å². The molecule has 0 aromatic carbocycles. The van der Waals surface area contributed by atoms with Gasteiger partial charge in [0.25, 0.3) is 11.9 Å². The molecule has 0 amide bonds. The Morgan fingerprint density at radius 3 is 0.990 bits per heavy atom. The Bertz CT molecular complexity index is 3100. The number of allylic oxidation sites excluding steroid dienone is 5. The maximum atomic E-state index is 12.3. The molecule has 1 radical (unpaired) electrons. The number of unbranched alkanes of at least 4 members (excludes halogenated alkanes) is 37. The van der Waals surface area contributed by atoms with E-state index in [1.165, 1.54) is 167 Å². The maximum absolute atomic E-state index is 12.3. The molecule has 0 saturated heterocycles. The van der Waals surface area contributed by atoms with Crippen molar-refractivity contribution < 1.29 is 49.1 Å². The van der Waals surface area contributed by atoms with E-state index in [2.05, 4.69) is 224 Å². The summed E-state index contributed by atoms with van der Waals surface area (Å²) in [6.45, 7) is 14.8. The Morgan fingerprint density at radius 2 is 0.626 bits per heavy atom. The van der Waals surface area contributed by atoms with Gasteiger partial charge in [0.1, 0.15) is 5.76 Å². The molecular formula is C86H111Al2O11-2. The Morgan fingerprint density at radius 1 is 0.343 bits per heavy atom. The van der Waals surface area contributed by atoms with E-state index in [1.54, 1.807) is 12.2 Å². The summed E-state index contributed by atoms with van der Waals surface area (Å²) in [5.41, 5.74) is 0. The predicted octanol–water partition coefficient (Wildman–Crippen LogP) is 18.4. The summed E-state index contributed by atoms with van der Waals surface area (Å²) in [4.78, 5) is 38.4. The molecule has 0 spiro atoms. The molecule has 0 aliphatic rings. The van der Waals surface area contributed by atoms with Crippen molar-refractivity contribution in [3.63, 3.8) is 0 Å². The second kappa shape index (κ2) is 88.3.